The molecule has 0 fully saturated rings. The first kappa shape index (κ1) is 24.8. The van der Waals surface area contributed by atoms with E-state index in [1.165, 1.54) is 12.1 Å². The Morgan fingerprint density at radius 2 is 1.71 bits per heavy atom. The highest BCUT2D eigenvalue weighted by Gasteiger charge is 2.38. The van der Waals surface area contributed by atoms with Gasteiger partial charge in [0.15, 0.2) is 5.69 Å². The van der Waals surface area contributed by atoms with Gasteiger partial charge in [-0.15, -0.1) is 13.2 Å². The van der Waals surface area contributed by atoms with Crippen molar-refractivity contribution in [3.63, 3.8) is 0 Å². The number of hydrogen-bond donors (Lipinski definition) is 1. The molecular weight excluding hydrogens is 522 g/mol. The summed E-state index contributed by atoms with van der Waals surface area (Å²) in [7, 11) is 0. The molecule has 3 aromatic rings. The molecule has 4 rings (SSSR count). The van der Waals surface area contributed by atoms with Crippen LogP contribution in [0.4, 0.5) is 36.8 Å². The van der Waals surface area contributed by atoms with Gasteiger partial charge in [-0.3, -0.25) is 0 Å². The van der Waals surface area contributed by atoms with E-state index >= 15 is 0 Å². The second-order valence-electron chi connectivity index (χ2n) is 7.24. The van der Waals surface area contributed by atoms with Crippen molar-refractivity contribution in [1.82, 2.24) is 9.38 Å². The maximum atomic E-state index is 13.1. The summed E-state index contributed by atoms with van der Waals surface area (Å²) in [5.74, 6) is -1.16. The van der Waals surface area contributed by atoms with Gasteiger partial charge in [-0.25, -0.2) is 9.80 Å². The lowest BCUT2D eigenvalue weighted by atomic mass is 9.96. The zero-order chi connectivity index (χ0) is 25.4. The van der Waals surface area contributed by atoms with Crippen LogP contribution >= 0.6 is 23.1 Å². The van der Waals surface area contributed by atoms with Crippen molar-refractivity contribution in [2.24, 2.45) is 5.10 Å². The number of carbonyl (C=O) groups excluding carboxylic acids is 1. The van der Waals surface area contributed by atoms with Gasteiger partial charge in [0.1, 0.15) is 5.75 Å². The van der Waals surface area contributed by atoms with Crippen molar-refractivity contribution in [3.8, 4) is 5.75 Å². The summed E-state index contributed by atoms with van der Waals surface area (Å²) in [6, 6.07) is 11.1. The number of rotatable bonds is 4. The van der Waals surface area contributed by atoms with Crippen LogP contribution in [-0.4, -0.2) is 34.0 Å². The second kappa shape index (κ2) is 9.38. The number of anilines is 1. The monoisotopic (exact) mass is 534 g/mol. The average molecular weight is 535 g/mol. The van der Waals surface area contributed by atoms with Crippen molar-refractivity contribution in [3.05, 3.63) is 75.8 Å². The highest BCUT2D eigenvalue weighted by atomic mass is 35.5. The van der Waals surface area contributed by atoms with Crippen molar-refractivity contribution >= 4 is 40.6 Å². The van der Waals surface area contributed by atoms with Crippen molar-refractivity contribution in [2.45, 2.75) is 18.5 Å². The molecule has 1 atom stereocenters. The lowest BCUT2D eigenvalue weighted by Crippen LogP contribution is -2.30. The highest BCUT2D eigenvalue weighted by molar-refractivity contribution is 7.06. The molecule has 35 heavy (non-hydrogen) atoms. The molecule has 1 aliphatic heterocycles. The third-order valence-corrected chi connectivity index (χ3v) is 5.94. The SMILES string of the molecule is O=C(Nc1ccc(OC(F)(F)F)cc1)N1CC(c2cc(C(F)(F)F)ns2)C(c2ccc(Cl)cc2)=N1. The van der Waals surface area contributed by atoms with E-state index in [1.54, 1.807) is 24.3 Å². The molecule has 0 bridgehead atoms. The Morgan fingerprint density at radius 3 is 2.29 bits per heavy atom. The number of amides is 2. The van der Waals surface area contributed by atoms with Crippen LogP contribution in [0.5, 0.6) is 5.75 Å². The molecule has 184 valence electrons. The van der Waals surface area contributed by atoms with Crippen LogP contribution in [0.1, 0.15) is 22.1 Å². The van der Waals surface area contributed by atoms with Gasteiger partial charge in [-0.2, -0.15) is 22.6 Å². The third kappa shape index (κ3) is 6.03. The number of hydrogen-bond acceptors (Lipinski definition) is 5. The first-order valence-electron chi connectivity index (χ1n) is 9.71. The molecule has 2 heterocycles. The number of halogens is 7. The van der Waals surface area contributed by atoms with E-state index in [-0.39, 0.29) is 17.1 Å². The largest absolute Gasteiger partial charge is 0.573 e. The molecule has 1 aromatic heterocycles. The van der Waals surface area contributed by atoms with E-state index in [9.17, 15) is 31.1 Å². The van der Waals surface area contributed by atoms with E-state index in [0.717, 1.165) is 23.2 Å². The molecule has 0 radical (unpaired) electrons. The fourth-order valence-electron chi connectivity index (χ4n) is 3.25. The van der Waals surface area contributed by atoms with Crippen LogP contribution in [-0.2, 0) is 6.18 Å². The predicted molar refractivity (Wildman–Crippen MR) is 117 cm³/mol. The van der Waals surface area contributed by atoms with E-state index in [2.05, 4.69) is 19.5 Å². The Labute approximate surface area is 202 Å². The number of alkyl halides is 6. The highest BCUT2D eigenvalue weighted by Crippen LogP contribution is 2.36. The Bertz CT molecular complexity index is 1240. The maximum Gasteiger partial charge on any atom is 0.573 e. The molecule has 0 aliphatic carbocycles. The number of benzene rings is 2. The molecule has 1 N–H and O–H groups in total. The smallest absolute Gasteiger partial charge is 0.406 e. The molecule has 0 saturated heterocycles. The number of hydrazone groups is 1. The van der Waals surface area contributed by atoms with Crippen LogP contribution in [0.15, 0.2) is 59.7 Å². The molecule has 0 saturated carbocycles. The topological polar surface area (TPSA) is 66.8 Å². The number of nitrogens with zero attached hydrogens (tertiary/aromatic N) is 3. The molecular formula is C21H13ClF6N4O2S. The van der Waals surface area contributed by atoms with Gasteiger partial charge < -0.3 is 10.1 Å². The van der Waals surface area contributed by atoms with Gasteiger partial charge in [0.05, 0.1) is 18.2 Å². The quantitative estimate of drug-likeness (QED) is 0.377. The molecule has 2 amide bonds. The second-order valence-corrected chi connectivity index (χ2v) is 8.51. The Morgan fingerprint density at radius 1 is 1.06 bits per heavy atom. The zero-order valence-electron chi connectivity index (χ0n) is 17.2. The number of carbonyl (C=O) groups is 1. The molecule has 1 unspecified atom stereocenters. The van der Waals surface area contributed by atoms with E-state index < -0.39 is 35.9 Å². The predicted octanol–water partition coefficient (Wildman–Crippen LogP) is 6.75. The number of urea groups is 1. The third-order valence-electron chi connectivity index (χ3n) is 4.79. The van der Waals surface area contributed by atoms with E-state index in [4.69, 9.17) is 11.6 Å². The molecule has 14 heteroatoms. The van der Waals surface area contributed by atoms with Gasteiger partial charge in [-0.05, 0) is 59.6 Å². The van der Waals surface area contributed by atoms with Gasteiger partial charge in [-0.1, -0.05) is 23.7 Å². The normalized spacial score (nSPS) is 16.3. The molecule has 0 spiro atoms. The average Bonchev–Trinajstić information content (AvgIpc) is 3.42. The lowest BCUT2D eigenvalue weighted by Gasteiger charge is -2.15. The fourth-order valence-corrected chi connectivity index (χ4v) is 4.21. The fraction of sp³-hybridized carbons (Fsp3) is 0.190. The standard InChI is InChI=1S/C21H13ClF6N4O2S/c22-12-3-1-11(2-4-12)18-15(16-9-17(31-35-16)20(23,24)25)10-32(30-18)19(33)29-13-5-7-14(8-6-13)34-21(26,27)28/h1-9,15H,10H2,(H,29,33). The summed E-state index contributed by atoms with van der Waals surface area (Å²) in [4.78, 5) is 13.0. The Kier molecular flexibility index (Phi) is 6.64. The minimum atomic E-state index is -4.86. The van der Waals surface area contributed by atoms with E-state index in [0.29, 0.717) is 27.8 Å². The summed E-state index contributed by atoms with van der Waals surface area (Å²) in [5.41, 5.74) is -0.00110. The summed E-state index contributed by atoms with van der Waals surface area (Å²) in [6.45, 7) is -0.0848. The first-order chi connectivity index (χ1) is 16.4. The maximum absolute atomic E-state index is 13.1. The molecule has 2 aromatic carbocycles. The number of nitrogens with one attached hydrogen (secondary N) is 1. The summed E-state index contributed by atoms with van der Waals surface area (Å²) in [6.07, 6.45) is -9.48. The van der Waals surface area contributed by atoms with Crippen molar-refractivity contribution in [2.75, 3.05) is 11.9 Å². The van der Waals surface area contributed by atoms with Gasteiger partial charge >= 0.3 is 18.6 Å². The zero-order valence-corrected chi connectivity index (χ0v) is 18.8. The van der Waals surface area contributed by atoms with Gasteiger partial charge in [0.2, 0.25) is 0 Å². The molecule has 6 nitrogen and oxygen atoms in total. The van der Waals surface area contributed by atoms with Crippen molar-refractivity contribution in [1.29, 1.82) is 0 Å². The lowest BCUT2D eigenvalue weighted by molar-refractivity contribution is -0.274. The van der Waals surface area contributed by atoms with Crippen LogP contribution in [0.3, 0.4) is 0 Å². The van der Waals surface area contributed by atoms with Gasteiger partial charge in [0, 0.05) is 15.6 Å². The summed E-state index contributed by atoms with van der Waals surface area (Å²) in [5, 5.41) is 8.25. The number of ether oxygens (including phenoxy) is 1. The summed E-state index contributed by atoms with van der Waals surface area (Å²) >= 11 is 6.58. The Hall–Kier alpha value is -3.32. The van der Waals surface area contributed by atoms with Gasteiger partial charge in [0.25, 0.3) is 0 Å². The Balaban J connectivity index is 1.56. The van der Waals surface area contributed by atoms with Crippen LogP contribution < -0.4 is 10.1 Å². The number of aromatic nitrogens is 1. The minimum Gasteiger partial charge on any atom is -0.406 e. The summed E-state index contributed by atoms with van der Waals surface area (Å²) < 4.78 is 83.4. The van der Waals surface area contributed by atoms with Crippen molar-refractivity contribution < 1.29 is 35.9 Å². The van der Waals surface area contributed by atoms with Crippen LogP contribution in [0, 0.1) is 0 Å². The first-order valence-corrected chi connectivity index (χ1v) is 10.9. The minimum absolute atomic E-state index is 0.0848. The van der Waals surface area contributed by atoms with Crippen LogP contribution in [0.25, 0.3) is 0 Å². The van der Waals surface area contributed by atoms with Crippen LogP contribution in [0.2, 0.25) is 5.02 Å². The molecule has 1 aliphatic rings. The van der Waals surface area contributed by atoms with E-state index in [1.807, 2.05) is 0 Å².